The molecule has 0 aromatic carbocycles. The fourth-order valence-electron chi connectivity index (χ4n) is 0.216. The van der Waals surface area contributed by atoms with Gasteiger partial charge in [0.1, 0.15) is 0 Å². The van der Waals surface area contributed by atoms with Gasteiger partial charge in [-0.15, -0.1) is 0 Å². The molecule has 8 heavy (non-hydrogen) atoms. The highest BCUT2D eigenvalue weighted by Crippen LogP contribution is 2.13. The molecule has 2 N–H and O–H groups in total. The van der Waals surface area contributed by atoms with E-state index in [1.165, 1.54) is 17.2 Å². The number of aliphatic hydroxyl groups is 2. The average molecular weight is 132 g/mol. The molecule has 0 atom stereocenters. The Hall–Kier alpha value is -0.410. The summed E-state index contributed by atoms with van der Waals surface area (Å²) in [4.78, 5) is 0.500. The Morgan fingerprint density at radius 1 is 1.75 bits per heavy atom. The molecule has 0 bridgehead atoms. The maximum Gasteiger partial charge on any atom is 0.0913 e. The largest absolute Gasteiger partial charge is 0.515 e. The van der Waals surface area contributed by atoms with Crippen molar-refractivity contribution >= 4 is 11.8 Å². The zero-order valence-electron chi connectivity index (χ0n) is 4.37. The van der Waals surface area contributed by atoms with Crippen LogP contribution in [-0.4, -0.2) is 16.8 Å². The standard InChI is InChI=1S/C5H8O2S/c1-2-8-5(3-6)4-7/h2-3,6-7H,1,4H2. The van der Waals surface area contributed by atoms with Crippen LogP contribution >= 0.6 is 11.8 Å². The number of hydrogen-bond donors (Lipinski definition) is 2. The van der Waals surface area contributed by atoms with Crippen LogP contribution in [0.4, 0.5) is 0 Å². The lowest BCUT2D eigenvalue weighted by Crippen LogP contribution is -1.81. The minimum absolute atomic E-state index is 0.132. The van der Waals surface area contributed by atoms with Gasteiger partial charge in [0.15, 0.2) is 0 Å². The molecular formula is C5H8O2S. The highest BCUT2D eigenvalue weighted by molar-refractivity contribution is 8.05. The van der Waals surface area contributed by atoms with Crippen molar-refractivity contribution < 1.29 is 10.2 Å². The SMILES string of the molecule is C=CSC(=CO)CO. The number of rotatable bonds is 3. The molecule has 0 saturated carbocycles. The first-order valence-electron chi connectivity index (χ1n) is 2.06. The first-order valence-corrected chi connectivity index (χ1v) is 2.94. The summed E-state index contributed by atoms with van der Waals surface area (Å²) in [7, 11) is 0. The molecule has 0 aliphatic rings. The maximum atomic E-state index is 8.36. The van der Waals surface area contributed by atoms with Gasteiger partial charge in [-0.3, -0.25) is 0 Å². The minimum Gasteiger partial charge on any atom is -0.515 e. The summed E-state index contributed by atoms with van der Waals surface area (Å²) >= 11 is 1.20. The lowest BCUT2D eigenvalue weighted by atomic mass is 10.7. The zero-order valence-corrected chi connectivity index (χ0v) is 5.19. The van der Waals surface area contributed by atoms with Crippen molar-refractivity contribution in [1.82, 2.24) is 0 Å². The zero-order chi connectivity index (χ0) is 6.41. The third-order valence-corrected chi connectivity index (χ3v) is 1.24. The Labute approximate surface area is 52.5 Å². The molecule has 0 rings (SSSR count). The summed E-state index contributed by atoms with van der Waals surface area (Å²) in [5.74, 6) is 0. The molecule has 0 spiro atoms. The van der Waals surface area contributed by atoms with Gasteiger partial charge in [-0.2, -0.15) is 0 Å². The van der Waals surface area contributed by atoms with Crippen LogP contribution in [0, 0.1) is 0 Å². The predicted octanol–water partition coefficient (Wildman–Crippen LogP) is 1.25. The highest BCUT2D eigenvalue weighted by atomic mass is 32.2. The molecule has 0 aromatic heterocycles. The quantitative estimate of drug-likeness (QED) is 0.568. The fourth-order valence-corrected chi connectivity index (χ4v) is 0.565. The summed E-state index contributed by atoms with van der Waals surface area (Å²) in [5, 5.41) is 18.2. The van der Waals surface area contributed by atoms with Crippen molar-refractivity contribution in [3.05, 3.63) is 23.2 Å². The summed E-state index contributed by atoms with van der Waals surface area (Å²) < 4.78 is 0. The lowest BCUT2D eigenvalue weighted by molar-refractivity contribution is 0.333. The molecule has 0 aliphatic heterocycles. The fraction of sp³-hybridized carbons (Fsp3) is 0.200. The predicted molar refractivity (Wildman–Crippen MR) is 35.6 cm³/mol. The van der Waals surface area contributed by atoms with Gasteiger partial charge >= 0.3 is 0 Å². The Bertz CT molecular complexity index is 98.6. The van der Waals surface area contributed by atoms with Crippen molar-refractivity contribution in [3.63, 3.8) is 0 Å². The molecule has 0 heterocycles. The van der Waals surface area contributed by atoms with E-state index in [0.717, 1.165) is 6.26 Å². The molecule has 2 nitrogen and oxygen atoms in total. The van der Waals surface area contributed by atoms with Crippen molar-refractivity contribution in [2.75, 3.05) is 6.61 Å². The van der Waals surface area contributed by atoms with E-state index in [0.29, 0.717) is 4.91 Å². The van der Waals surface area contributed by atoms with Gasteiger partial charge in [-0.1, -0.05) is 18.3 Å². The van der Waals surface area contributed by atoms with E-state index in [1.807, 2.05) is 0 Å². The van der Waals surface area contributed by atoms with E-state index >= 15 is 0 Å². The molecule has 0 fully saturated rings. The van der Waals surface area contributed by atoms with Crippen LogP contribution < -0.4 is 0 Å². The first kappa shape index (κ1) is 7.59. The van der Waals surface area contributed by atoms with Crippen LogP contribution in [0.25, 0.3) is 0 Å². The van der Waals surface area contributed by atoms with E-state index in [-0.39, 0.29) is 6.61 Å². The lowest BCUT2D eigenvalue weighted by Gasteiger charge is -1.92. The smallest absolute Gasteiger partial charge is 0.0913 e. The minimum atomic E-state index is -0.132. The van der Waals surface area contributed by atoms with Crippen molar-refractivity contribution in [2.24, 2.45) is 0 Å². The van der Waals surface area contributed by atoms with E-state index in [1.54, 1.807) is 0 Å². The van der Waals surface area contributed by atoms with E-state index in [4.69, 9.17) is 10.2 Å². The van der Waals surface area contributed by atoms with Gasteiger partial charge < -0.3 is 10.2 Å². The Kier molecular flexibility index (Phi) is 4.50. The first-order chi connectivity index (χ1) is 3.85. The maximum absolute atomic E-state index is 8.36. The Morgan fingerprint density at radius 2 is 2.38 bits per heavy atom. The van der Waals surface area contributed by atoms with Gasteiger partial charge in [0, 0.05) is 4.91 Å². The molecule has 0 unspecified atom stereocenters. The molecule has 0 amide bonds. The molecular weight excluding hydrogens is 124 g/mol. The van der Waals surface area contributed by atoms with E-state index < -0.39 is 0 Å². The number of hydrogen-bond acceptors (Lipinski definition) is 3. The van der Waals surface area contributed by atoms with Crippen molar-refractivity contribution in [3.8, 4) is 0 Å². The molecule has 0 saturated heterocycles. The summed E-state index contributed by atoms with van der Waals surface area (Å²) in [5.41, 5.74) is 0. The molecule has 0 aromatic rings. The topological polar surface area (TPSA) is 40.5 Å². The van der Waals surface area contributed by atoms with Crippen LogP contribution in [0.5, 0.6) is 0 Å². The third kappa shape index (κ3) is 2.71. The van der Waals surface area contributed by atoms with Gasteiger partial charge in [-0.25, -0.2) is 0 Å². The van der Waals surface area contributed by atoms with Crippen LogP contribution in [0.3, 0.4) is 0 Å². The second kappa shape index (κ2) is 4.74. The monoisotopic (exact) mass is 132 g/mol. The van der Waals surface area contributed by atoms with Gasteiger partial charge in [-0.05, 0) is 5.41 Å². The van der Waals surface area contributed by atoms with Crippen molar-refractivity contribution in [1.29, 1.82) is 0 Å². The second-order valence-electron chi connectivity index (χ2n) is 1.04. The second-order valence-corrected chi connectivity index (χ2v) is 2.13. The highest BCUT2D eigenvalue weighted by Gasteiger charge is 1.88. The molecule has 0 aliphatic carbocycles. The average Bonchev–Trinajstić information content (AvgIpc) is 1.83. The van der Waals surface area contributed by atoms with Gasteiger partial charge in [0.25, 0.3) is 0 Å². The normalized spacial score (nSPS) is 11.4. The Morgan fingerprint density at radius 3 is 2.50 bits per heavy atom. The van der Waals surface area contributed by atoms with E-state index in [9.17, 15) is 0 Å². The molecule has 46 valence electrons. The number of thioether (sulfide) groups is 1. The number of aliphatic hydroxyl groups excluding tert-OH is 2. The van der Waals surface area contributed by atoms with Crippen LogP contribution in [0.15, 0.2) is 23.2 Å². The molecule has 3 heteroatoms. The van der Waals surface area contributed by atoms with Gasteiger partial charge in [0.05, 0.1) is 12.9 Å². The Balaban J connectivity index is 3.53. The van der Waals surface area contributed by atoms with Crippen LogP contribution in [-0.2, 0) is 0 Å². The van der Waals surface area contributed by atoms with Crippen LogP contribution in [0.2, 0.25) is 0 Å². The van der Waals surface area contributed by atoms with Gasteiger partial charge in [0.2, 0.25) is 0 Å². The van der Waals surface area contributed by atoms with E-state index in [2.05, 4.69) is 6.58 Å². The molecule has 0 radical (unpaired) electrons. The third-order valence-electron chi connectivity index (χ3n) is 0.535. The summed E-state index contributed by atoms with van der Waals surface area (Å²) in [6.07, 6.45) is 0.867. The van der Waals surface area contributed by atoms with Crippen molar-refractivity contribution in [2.45, 2.75) is 0 Å². The van der Waals surface area contributed by atoms with Crippen LogP contribution in [0.1, 0.15) is 0 Å². The summed E-state index contributed by atoms with van der Waals surface area (Å²) in [6.45, 7) is 3.26. The summed E-state index contributed by atoms with van der Waals surface area (Å²) in [6, 6.07) is 0.